The maximum absolute atomic E-state index is 5.03. The molecule has 0 atom stereocenters. The second-order valence-corrected chi connectivity index (χ2v) is 16.7. The van der Waals surface area contributed by atoms with Crippen molar-refractivity contribution < 1.29 is 34.1 Å². The number of rotatable bonds is 1. The van der Waals surface area contributed by atoms with Gasteiger partial charge >= 0.3 is 49.6 Å². The van der Waals surface area contributed by atoms with Crippen LogP contribution in [0.5, 0.6) is 0 Å². The van der Waals surface area contributed by atoms with Crippen LogP contribution in [0.15, 0.2) is 0 Å². The number of hydrogen-bond donors (Lipinski definition) is 1. The van der Waals surface area contributed by atoms with Crippen LogP contribution in [-0.2, 0) is 34.1 Å². The van der Waals surface area contributed by atoms with E-state index in [1.54, 1.807) is 0 Å². The minimum atomic E-state index is -3.11. The molecule has 0 radical (unpaired) electrons. The van der Waals surface area contributed by atoms with E-state index in [-0.39, 0.29) is 21.7 Å². The zero-order valence-corrected chi connectivity index (χ0v) is 11.7. The summed E-state index contributed by atoms with van der Waals surface area (Å²) >= 11 is -3.11. The van der Waals surface area contributed by atoms with Crippen molar-refractivity contribution in [2.75, 3.05) is 6.54 Å². The summed E-state index contributed by atoms with van der Waals surface area (Å²) in [4.78, 5) is 0. The van der Waals surface area contributed by atoms with Gasteiger partial charge in [0.25, 0.3) is 0 Å². The van der Waals surface area contributed by atoms with E-state index in [1.165, 1.54) is 0 Å². The molecular weight excluding hydrogens is 288 g/mol. The average molecular weight is 297 g/mol. The van der Waals surface area contributed by atoms with Crippen molar-refractivity contribution in [3.05, 3.63) is 0 Å². The molecule has 0 aliphatic carbocycles. The van der Waals surface area contributed by atoms with Crippen molar-refractivity contribution in [1.29, 1.82) is 0 Å². The van der Waals surface area contributed by atoms with Gasteiger partial charge in [0.15, 0.2) is 0 Å². The first-order valence-corrected chi connectivity index (χ1v) is 11.0. The summed E-state index contributed by atoms with van der Waals surface area (Å²) in [7, 11) is 20.1. The van der Waals surface area contributed by atoms with Crippen LogP contribution in [0.1, 0.15) is 13.3 Å². The largest absolute Gasteiger partial charge is 0 e. The molecule has 0 rings (SSSR count). The van der Waals surface area contributed by atoms with Crippen molar-refractivity contribution in [2.24, 2.45) is 5.73 Å². The van der Waals surface area contributed by atoms with E-state index in [2.05, 4.69) is 6.92 Å². The summed E-state index contributed by atoms with van der Waals surface area (Å²) in [5.74, 6) is 0. The Hall–Kier alpha value is 2.55. The van der Waals surface area contributed by atoms with Gasteiger partial charge in [-0.05, 0) is 13.0 Å². The third-order valence-corrected chi connectivity index (χ3v) is 0.289. The van der Waals surface area contributed by atoms with E-state index >= 15 is 0 Å². The number of halogens is 4. The molecule has 0 fully saturated rings. The zero-order valence-electron chi connectivity index (χ0n) is 5.50. The normalized spacial score (nSPS) is 9.00. The van der Waals surface area contributed by atoms with E-state index in [0.29, 0.717) is 0 Å². The average Bonchev–Trinajstić information content (AvgIpc) is 1.61. The molecule has 0 unspecified atom stereocenters. The molecule has 0 aromatic rings. The van der Waals surface area contributed by atoms with Crippen LogP contribution < -0.4 is 5.73 Å². The van der Waals surface area contributed by atoms with E-state index in [4.69, 9.17) is 43.0 Å². The monoisotopic (exact) mass is 295 g/mol. The van der Waals surface area contributed by atoms with Crippen LogP contribution in [0.25, 0.3) is 0 Å². The molecule has 7 heteroatoms. The number of hydrogen-bond acceptors (Lipinski definition) is 1. The summed E-state index contributed by atoms with van der Waals surface area (Å²) in [5, 5.41) is 0. The van der Waals surface area contributed by atoms with Crippen LogP contribution in [0.4, 0.5) is 0 Å². The molecule has 0 bridgehead atoms. The molecule has 0 aromatic carbocycles. The first-order chi connectivity index (χ1) is 3.91. The smallest absolute Gasteiger partial charge is 0 e. The van der Waals surface area contributed by atoms with Gasteiger partial charge in [0.2, 0.25) is 0 Å². The minimum absolute atomic E-state index is 0. The molecule has 0 amide bonds. The fourth-order valence-electron chi connectivity index (χ4n) is 0. The summed E-state index contributed by atoms with van der Waals surface area (Å²) in [6, 6.07) is 0. The quantitative estimate of drug-likeness (QED) is 0.739. The van der Waals surface area contributed by atoms with Gasteiger partial charge in [-0.2, -0.15) is 0 Å². The summed E-state index contributed by atoms with van der Waals surface area (Å²) in [6.07, 6.45) is 1.10. The first kappa shape index (κ1) is 18.4. The van der Waals surface area contributed by atoms with Crippen molar-refractivity contribution >= 4 is 37.2 Å². The predicted molar refractivity (Wildman–Crippen MR) is 42.8 cm³/mol. The Bertz CT molecular complexity index is 49.0. The van der Waals surface area contributed by atoms with E-state index in [9.17, 15) is 0 Å². The molecule has 10 heavy (non-hydrogen) atoms. The molecule has 0 saturated heterocycles. The molecule has 62 valence electrons. The maximum atomic E-state index is 5.03. The summed E-state index contributed by atoms with van der Waals surface area (Å²) in [6.45, 7) is 2.88. The van der Waals surface area contributed by atoms with Gasteiger partial charge in [0.1, 0.15) is 0 Å². The number of nitrogens with two attached hydrogens (primary N) is 1. The Morgan fingerprint density at radius 2 is 1.30 bits per heavy atom. The minimum Gasteiger partial charge on any atom is 0 e. The molecule has 0 aliphatic rings. The van der Waals surface area contributed by atoms with E-state index < -0.39 is 12.3 Å². The van der Waals surface area contributed by atoms with E-state index in [0.717, 1.165) is 13.0 Å². The molecule has 1 nitrogen and oxygen atoms in total. The van der Waals surface area contributed by atoms with Crippen LogP contribution in [0.3, 0.4) is 0 Å². The van der Waals surface area contributed by atoms with Gasteiger partial charge in [-0.25, -0.2) is 0 Å². The van der Waals surface area contributed by atoms with Gasteiger partial charge in [0.05, 0.1) is 0 Å². The van der Waals surface area contributed by atoms with E-state index in [1.807, 2.05) is 0 Å². The topological polar surface area (TPSA) is 26.0 Å². The Kier molecular flexibility index (Phi) is 21.2. The van der Waals surface area contributed by atoms with Gasteiger partial charge < -0.3 is 5.73 Å². The second-order valence-electron chi connectivity index (χ2n) is 1.22. The zero-order chi connectivity index (χ0) is 7.91. The molecule has 0 spiro atoms. The van der Waals surface area contributed by atoms with Gasteiger partial charge in [-0.15, -0.1) is 0 Å². The second kappa shape index (κ2) is 11.5. The predicted octanol–water partition coefficient (Wildman–Crippen LogP) is 3.11. The molecule has 2 N–H and O–H groups in total. The van der Waals surface area contributed by atoms with Gasteiger partial charge in [0, 0.05) is 21.7 Å². The van der Waals surface area contributed by atoms with Crippen molar-refractivity contribution in [3.8, 4) is 0 Å². The Morgan fingerprint density at radius 3 is 1.30 bits per heavy atom. The molecule has 0 heterocycles. The van der Waals surface area contributed by atoms with Crippen molar-refractivity contribution in [1.82, 2.24) is 0 Å². The summed E-state index contributed by atoms with van der Waals surface area (Å²) < 4.78 is 0. The Labute approximate surface area is 95.7 Å². The third-order valence-electron chi connectivity index (χ3n) is 0.289. The first-order valence-electron chi connectivity index (χ1n) is 2.37. The molecule has 0 saturated carbocycles. The SMILES string of the molecule is CCCN.[Cl][Ti]([Cl])([Cl])[Cl].[Ti]. The fraction of sp³-hybridized carbons (Fsp3) is 1.00. The fourth-order valence-corrected chi connectivity index (χ4v) is 0. The van der Waals surface area contributed by atoms with Gasteiger partial charge in [-0.1, -0.05) is 6.92 Å². The standard InChI is InChI=1S/C3H9N.4ClH.2Ti/c1-2-3-4;;;;;;/h2-4H2,1H3;4*1H;;/q;;;;;;+4/p-4. The van der Waals surface area contributed by atoms with Crippen LogP contribution in [0.2, 0.25) is 0 Å². The Balaban J connectivity index is -0.0000000910. The van der Waals surface area contributed by atoms with Crippen LogP contribution in [0, 0.1) is 0 Å². The third kappa shape index (κ3) is 76.4. The van der Waals surface area contributed by atoms with Crippen molar-refractivity contribution in [2.45, 2.75) is 13.3 Å². The molecule has 0 aliphatic heterocycles. The van der Waals surface area contributed by atoms with Gasteiger partial charge in [-0.3, -0.25) is 0 Å². The molecular formula is C3H9Cl4NTi2. The summed E-state index contributed by atoms with van der Waals surface area (Å²) in [5.41, 5.74) is 5.03. The van der Waals surface area contributed by atoms with Crippen LogP contribution in [-0.4, -0.2) is 6.54 Å². The maximum Gasteiger partial charge on any atom is 0 e. The van der Waals surface area contributed by atoms with Crippen molar-refractivity contribution in [3.63, 3.8) is 0 Å². The molecule has 0 aromatic heterocycles. The Morgan fingerprint density at radius 1 is 1.20 bits per heavy atom. The van der Waals surface area contributed by atoms with Crippen LogP contribution >= 0.6 is 37.2 Å².